The van der Waals surface area contributed by atoms with Crippen LogP contribution in [0.15, 0.2) is 54.6 Å². The molecule has 1 aromatic heterocycles. The normalized spacial score (nSPS) is 16.2. The van der Waals surface area contributed by atoms with E-state index in [9.17, 15) is 9.59 Å². The summed E-state index contributed by atoms with van der Waals surface area (Å²) in [5.74, 6) is 0.0331. The molecule has 1 amide bonds. The van der Waals surface area contributed by atoms with Gasteiger partial charge in [-0.15, -0.1) is 0 Å². The Morgan fingerprint density at radius 3 is 2.48 bits per heavy atom. The first kappa shape index (κ1) is 21.1. The van der Waals surface area contributed by atoms with Gasteiger partial charge in [0.1, 0.15) is 5.69 Å². The number of anilines is 1. The van der Waals surface area contributed by atoms with Crippen molar-refractivity contribution < 1.29 is 14.3 Å². The van der Waals surface area contributed by atoms with Gasteiger partial charge in [0.25, 0.3) is 0 Å². The van der Waals surface area contributed by atoms with E-state index in [2.05, 4.69) is 39.5 Å². The first-order valence-electron chi connectivity index (χ1n) is 10.8. The zero-order chi connectivity index (χ0) is 21.8. The number of para-hydroxylation sites is 1. The zero-order valence-electron chi connectivity index (χ0n) is 18.1. The summed E-state index contributed by atoms with van der Waals surface area (Å²) in [6.07, 6.45) is 3.24. The molecule has 3 aromatic rings. The van der Waals surface area contributed by atoms with Crippen LogP contribution in [0.3, 0.4) is 0 Å². The standard InChI is InChI=1S/C25H29N3O3/c1-17(28-14-12-19(13-15-28)16-18-8-4-3-5-9-18)24(29)27-22-20-10-6-7-11-21(20)26-23(22)25(30)31-2/h3-11,17,19,26H,12-16H2,1-2H3,(H,27,29)/t17-/m0/s1. The number of hydrogen-bond donors (Lipinski definition) is 2. The lowest BCUT2D eigenvalue weighted by Gasteiger charge is -2.35. The number of benzene rings is 2. The van der Waals surface area contributed by atoms with Crippen LogP contribution in [-0.4, -0.2) is 48.0 Å². The summed E-state index contributed by atoms with van der Waals surface area (Å²) in [4.78, 5) is 30.6. The van der Waals surface area contributed by atoms with Crippen LogP contribution >= 0.6 is 0 Å². The Labute approximate surface area is 182 Å². The number of amides is 1. The Kier molecular flexibility index (Phi) is 6.37. The van der Waals surface area contributed by atoms with Crippen molar-refractivity contribution in [2.24, 2.45) is 5.92 Å². The van der Waals surface area contributed by atoms with Gasteiger partial charge in [0.05, 0.1) is 18.8 Å². The molecular formula is C25H29N3O3. The Morgan fingerprint density at radius 2 is 1.77 bits per heavy atom. The van der Waals surface area contributed by atoms with Crippen LogP contribution < -0.4 is 5.32 Å². The number of aromatic nitrogens is 1. The number of H-pyrrole nitrogens is 1. The summed E-state index contributed by atoms with van der Waals surface area (Å²) < 4.78 is 4.89. The first-order valence-corrected chi connectivity index (χ1v) is 10.8. The number of esters is 1. The van der Waals surface area contributed by atoms with Gasteiger partial charge in [-0.2, -0.15) is 0 Å². The molecule has 6 nitrogen and oxygen atoms in total. The smallest absolute Gasteiger partial charge is 0.356 e. The molecule has 2 N–H and O–H groups in total. The minimum atomic E-state index is -0.499. The lowest BCUT2D eigenvalue weighted by Crippen LogP contribution is -2.46. The van der Waals surface area contributed by atoms with Crippen LogP contribution in [0.4, 0.5) is 5.69 Å². The molecule has 1 saturated heterocycles. The number of fused-ring (bicyclic) bond motifs is 1. The molecule has 2 heterocycles. The quantitative estimate of drug-likeness (QED) is 0.586. The number of aromatic amines is 1. The zero-order valence-corrected chi connectivity index (χ0v) is 18.1. The summed E-state index contributed by atoms with van der Waals surface area (Å²) in [6.45, 7) is 3.72. The average molecular weight is 420 g/mol. The Balaban J connectivity index is 1.41. The lowest BCUT2D eigenvalue weighted by atomic mass is 9.89. The van der Waals surface area contributed by atoms with Crippen molar-refractivity contribution in [3.8, 4) is 0 Å². The summed E-state index contributed by atoms with van der Waals surface area (Å²) in [5, 5.41) is 3.78. The molecule has 2 aromatic carbocycles. The topological polar surface area (TPSA) is 74.4 Å². The third-order valence-electron chi connectivity index (χ3n) is 6.29. The Morgan fingerprint density at radius 1 is 1.10 bits per heavy atom. The van der Waals surface area contributed by atoms with Gasteiger partial charge in [-0.05, 0) is 56.8 Å². The molecule has 4 rings (SSSR count). The van der Waals surface area contributed by atoms with Gasteiger partial charge >= 0.3 is 5.97 Å². The van der Waals surface area contributed by atoms with Gasteiger partial charge in [0.2, 0.25) is 5.91 Å². The maximum absolute atomic E-state index is 13.1. The largest absolute Gasteiger partial charge is 0.464 e. The molecule has 1 fully saturated rings. The van der Waals surface area contributed by atoms with Gasteiger partial charge in [-0.1, -0.05) is 48.5 Å². The number of carbonyl (C=O) groups is 2. The summed E-state index contributed by atoms with van der Waals surface area (Å²) >= 11 is 0. The summed E-state index contributed by atoms with van der Waals surface area (Å²) in [5.41, 5.74) is 2.91. The fraction of sp³-hybridized carbons (Fsp3) is 0.360. The van der Waals surface area contributed by atoms with Crippen LogP contribution in [0.2, 0.25) is 0 Å². The Hall–Kier alpha value is -3.12. The van der Waals surface area contributed by atoms with Crippen molar-refractivity contribution in [3.05, 3.63) is 65.9 Å². The molecule has 0 saturated carbocycles. The Bertz CT molecular complexity index is 1050. The molecule has 1 aliphatic rings. The number of ether oxygens (including phenoxy) is 1. The lowest BCUT2D eigenvalue weighted by molar-refractivity contribution is -0.121. The van der Waals surface area contributed by atoms with E-state index in [1.807, 2.05) is 37.3 Å². The van der Waals surface area contributed by atoms with E-state index in [-0.39, 0.29) is 17.6 Å². The van der Waals surface area contributed by atoms with Gasteiger partial charge in [0.15, 0.2) is 0 Å². The van der Waals surface area contributed by atoms with Crippen LogP contribution in [0.5, 0.6) is 0 Å². The SMILES string of the molecule is COC(=O)c1[nH]c2ccccc2c1NC(=O)[C@H](C)N1CCC(Cc2ccccc2)CC1. The van der Waals surface area contributed by atoms with Gasteiger partial charge in [0, 0.05) is 10.9 Å². The van der Waals surface area contributed by atoms with Crippen LogP contribution in [0.1, 0.15) is 35.8 Å². The highest BCUT2D eigenvalue weighted by Gasteiger charge is 2.28. The van der Waals surface area contributed by atoms with Crippen LogP contribution in [-0.2, 0) is 16.0 Å². The predicted octanol–water partition coefficient (Wildman–Crippen LogP) is 4.24. The maximum atomic E-state index is 13.1. The molecule has 0 radical (unpaired) electrons. The molecule has 31 heavy (non-hydrogen) atoms. The number of nitrogens with one attached hydrogen (secondary N) is 2. The predicted molar refractivity (Wildman–Crippen MR) is 122 cm³/mol. The minimum Gasteiger partial charge on any atom is -0.464 e. The third-order valence-corrected chi connectivity index (χ3v) is 6.29. The first-order chi connectivity index (χ1) is 15.1. The van der Waals surface area contributed by atoms with Crippen molar-refractivity contribution >= 4 is 28.5 Å². The van der Waals surface area contributed by atoms with Crippen LogP contribution in [0.25, 0.3) is 10.9 Å². The second-order valence-electron chi connectivity index (χ2n) is 8.25. The van der Waals surface area contributed by atoms with Crippen molar-refractivity contribution in [3.63, 3.8) is 0 Å². The molecule has 0 spiro atoms. The van der Waals surface area contributed by atoms with E-state index >= 15 is 0 Å². The van der Waals surface area contributed by atoms with E-state index in [1.54, 1.807) is 0 Å². The molecule has 0 unspecified atom stereocenters. The minimum absolute atomic E-state index is 0.114. The number of likely N-dealkylation sites (tertiary alicyclic amines) is 1. The van der Waals surface area contributed by atoms with Gasteiger partial charge in [-0.3, -0.25) is 9.69 Å². The van der Waals surface area contributed by atoms with E-state index in [0.29, 0.717) is 11.6 Å². The monoisotopic (exact) mass is 419 g/mol. The average Bonchev–Trinajstić information content (AvgIpc) is 3.17. The molecular weight excluding hydrogens is 390 g/mol. The van der Waals surface area contributed by atoms with Crippen molar-refractivity contribution in [1.29, 1.82) is 0 Å². The van der Waals surface area contributed by atoms with Gasteiger partial charge < -0.3 is 15.0 Å². The van der Waals surface area contributed by atoms with E-state index in [4.69, 9.17) is 4.74 Å². The molecule has 0 bridgehead atoms. The van der Waals surface area contributed by atoms with E-state index in [1.165, 1.54) is 12.7 Å². The molecule has 6 heteroatoms. The van der Waals surface area contributed by atoms with Crippen molar-refractivity contribution in [2.75, 3.05) is 25.5 Å². The highest BCUT2D eigenvalue weighted by atomic mass is 16.5. The van der Waals surface area contributed by atoms with Gasteiger partial charge in [-0.25, -0.2) is 4.79 Å². The number of rotatable bonds is 6. The van der Waals surface area contributed by atoms with E-state index in [0.717, 1.165) is 43.3 Å². The highest BCUT2D eigenvalue weighted by Crippen LogP contribution is 2.29. The second-order valence-corrected chi connectivity index (χ2v) is 8.25. The van der Waals surface area contributed by atoms with Crippen molar-refractivity contribution in [2.45, 2.75) is 32.2 Å². The molecule has 0 aliphatic carbocycles. The number of methoxy groups -OCH3 is 1. The fourth-order valence-electron chi connectivity index (χ4n) is 4.41. The summed E-state index contributed by atoms with van der Waals surface area (Å²) in [7, 11) is 1.33. The number of nitrogens with zero attached hydrogens (tertiary/aromatic N) is 1. The highest BCUT2D eigenvalue weighted by molar-refractivity contribution is 6.11. The maximum Gasteiger partial charge on any atom is 0.356 e. The summed E-state index contributed by atoms with van der Waals surface area (Å²) in [6, 6.07) is 17.8. The third kappa shape index (κ3) is 4.64. The molecule has 1 atom stereocenters. The number of piperidine rings is 1. The van der Waals surface area contributed by atoms with Crippen LogP contribution in [0, 0.1) is 5.92 Å². The van der Waals surface area contributed by atoms with E-state index < -0.39 is 5.97 Å². The number of carbonyl (C=O) groups excluding carboxylic acids is 2. The number of hydrogen-bond acceptors (Lipinski definition) is 4. The van der Waals surface area contributed by atoms with Crippen molar-refractivity contribution in [1.82, 2.24) is 9.88 Å². The fourth-order valence-corrected chi connectivity index (χ4v) is 4.41. The molecule has 1 aliphatic heterocycles. The molecule has 162 valence electrons. The second kappa shape index (κ2) is 9.35.